The van der Waals surface area contributed by atoms with Crippen molar-refractivity contribution in [3.63, 3.8) is 0 Å². The van der Waals surface area contributed by atoms with Gasteiger partial charge in [-0.15, -0.1) is 0 Å². The number of nitrogens with one attached hydrogen (secondary N) is 1. The number of benzene rings is 1. The molecule has 2 N–H and O–H groups in total. The molecule has 3 nitrogen and oxygen atoms in total. The number of hydrogen-bond acceptors (Lipinski definition) is 3. The first kappa shape index (κ1) is 14.4. The van der Waals surface area contributed by atoms with Gasteiger partial charge in [-0.3, -0.25) is 4.90 Å². The fraction of sp³-hybridized carbons (Fsp3) is 0.625. The van der Waals surface area contributed by atoms with Gasteiger partial charge < -0.3 is 10.4 Å². The minimum Gasteiger partial charge on any atom is -0.508 e. The van der Waals surface area contributed by atoms with Crippen molar-refractivity contribution in [2.45, 2.75) is 39.3 Å². The molecule has 3 heteroatoms. The van der Waals surface area contributed by atoms with Crippen molar-refractivity contribution in [2.75, 3.05) is 19.6 Å². The van der Waals surface area contributed by atoms with Crippen LogP contribution in [0.4, 0.5) is 0 Å². The lowest BCUT2D eigenvalue weighted by atomic mass is 9.98. The van der Waals surface area contributed by atoms with Gasteiger partial charge in [0.05, 0.1) is 0 Å². The molecule has 2 rings (SSSR count). The summed E-state index contributed by atoms with van der Waals surface area (Å²) in [5, 5.41) is 13.4. The zero-order valence-corrected chi connectivity index (χ0v) is 12.1. The van der Waals surface area contributed by atoms with E-state index in [9.17, 15) is 5.11 Å². The Morgan fingerprint density at radius 3 is 2.79 bits per heavy atom. The highest BCUT2D eigenvalue weighted by molar-refractivity contribution is 5.31. The van der Waals surface area contributed by atoms with Crippen molar-refractivity contribution in [3.8, 4) is 5.75 Å². The van der Waals surface area contributed by atoms with Gasteiger partial charge in [0, 0.05) is 24.7 Å². The summed E-state index contributed by atoms with van der Waals surface area (Å²) < 4.78 is 0. The molecule has 1 saturated heterocycles. The number of piperidine rings is 1. The lowest BCUT2D eigenvalue weighted by Gasteiger charge is -2.33. The zero-order valence-electron chi connectivity index (χ0n) is 12.1. The summed E-state index contributed by atoms with van der Waals surface area (Å²) in [5.41, 5.74) is 1.03. The third-order valence-corrected chi connectivity index (χ3v) is 3.99. The average Bonchev–Trinajstić information content (AvgIpc) is 2.41. The van der Waals surface area contributed by atoms with Crippen LogP contribution in [0.15, 0.2) is 24.3 Å². The summed E-state index contributed by atoms with van der Waals surface area (Å²) in [6.45, 7) is 8.70. The van der Waals surface area contributed by atoms with E-state index in [1.54, 1.807) is 6.07 Å². The van der Waals surface area contributed by atoms with Gasteiger partial charge in [0.1, 0.15) is 5.75 Å². The van der Waals surface area contributed by atoms with Crippen LogP contribution >= 0.6 is 0 Å². The molecule has 0 amide bonds. The first-order chi connectivity index (χ1) is 9.16. The van der Waals surface area contributed by atoms with Gasteiger partial charge in [-0.05, 0) is 51.8 Å². The van der Waals surface area contributed by atoms with E-state index in [1.807, 2.05) is 18.2 Å². The van der Waals surface area contributed by atoms with Crippen molar-refractivity contribution in [2.24, 2.45) is 5.92 Å². The van der Waals surface area contributed by atoms with E-state index in [-0.39, 0.29) is 0 Å². The Balaban J connectivity index is 1.97. The monoisotopic (exact) mass is 262 g/mol. The predicted molar refractivity (Wildman–Crippen MR) is 79.2 cm³/mol. The number of phenols is 1. The molecule has 19 heavy (non-hydrogen) atoms. The smallest absolute Gasteiger partial charge is 0.120 e. The fourth-order valence-corrected chi connectivity index (χ4v) is 2.73. The van der Waals surface area contributed by atoms with Gasteiger partial charge in [-0.2, -0.15) is 0 Å². The number of phenolic OH excluding ortho intramolecular Hbond substituents is 1. The van der Waals surface area contributed by atoms with Crippen LogP contribution in [0.2, 0.25) is 0 Å². The van der Waals surface area contributed by atoms with Gasteiger partial charge in [0.25, 0.3) is 0 Å². The molecular formula is C16H26N2O. The lowest BCUT2D eigenvalue weighted by Crippen LogP contribution is -2.40. The van der Waals surface area contributed by atoms with E-state index in [1.165, 1.54) is 12.8 Å². The van der Waals surface area contributed by atoms with Crippen LogP contribution in [-0.4, -0.2) is 35.7 Å². The number of para-hydroxylation sites is 1. The topological polar surface area (TPSA) is 35.5 Å². The fourth-order valence-electron chi connectivity index (χ4n) is 2.73. The Bertz CT molecular complexity index is 386. The summed E-state index contributed by atoms with van der Waals surface area (Å²) >= 11 is 0. The number of nitrogens with zero attached hydrogens (tertiary/aromatic N) is 1. The van der Waals surface area contributed by atoms with Crippen molar-refractivity contribution in [1.29, 1.82) is 0 Å². The van der Waals surface area contributed by atoms with Crippen LogP contribution in [0, 0.1) is 5.92 Å². The number of rotatable bonds is 5. The predicted octanol–water partition coefficient (Wildman–Crippen LogP) is 2.60. The van der Waals surface area contributed by atoms with E-state index >= 15 is 0 Å². The largest absolute Gasteiger partial charge is 0.508 e. The van der Waals surface area contributed by atoms with E-state index < -0.39 is 0 Å². The quantitative estimate of drug-likeness (QED) is 0.856. The van der Waals surface area contributed by atoms with Crippen molar-refractivity contribution >= 4 is 0 Å². The second-order valence-electron chi connectivity index (χ2n) is 5.86. The molecule has 0 spiro atoms. The van der Waals surface area contributed by atoms with Crippen LogP contribution < -0.4 is 5.32 Å². The minimum absolute atomic E-state index is 0.412. The third kappa shape index (κ3) is 4.22. The summed E-state index contributed by atoms with van der Waals surface area (Å²) in [4.78, 5) is 2.46. The van der Waals surface area contributed by atoms with Gasteiger partial charge >= 0.3 is 0 Å². The highest BCUT2D eigenvalue weighted by Crippen LogP contribution is 2.21. The first-order valence-corrected chi connectivity index (χ1v) is 7.38. The Morgan fingerprint density at radius 1 is 1.37 bits per heavy atom. The molecule has 0 bridgehead atoms. The summed E-state index contributed by atoms with van der Waals surface area (Å²) in [5.74, 6) is 1.15. The summed E-state index contributed by atoms with van der Waals surface area (Å²) in [6.07, 6.45) is 2.60. The molecule has 1 aromatic carbocycles. The van der Waals surface area contributed by atoms with Crippen LogP contribution in [0.25, 0.3) is 0 Å². The molecule has 106 valence electrons. The van der Waals surface area contributed by atoms with Gasteiger partial charge in [-0.25, -0.2) is 0 Å². The second kappa shape index (κ2) is 6.92. The molecule has 0 aromatic heterocycles. The molecule has 0 radical (unpaired) electrons. The van der Waals surface area contributed by atoms with Gasteiger partial charge in [0.15, 0.2) is 0 Å². The van der Waals surface area contributed by atoms with Crippen LogP contribution in [-0.2, 0) is 6.54 Å². The van der Waals surface area contributed by atoms with Crippen molar-refractivity contribution < 1.29 is 5.11 Å². The molecule has 1 aromatic rings. The van der Waals surface area contributed by atoms with Crippen LogP contribution in [0.3, 0.4) is 0 Å². The molecule has 1 heterocycles. The van der Waals surface area contributed by atoms with E-state index in [0.717, 1.165) is 37.7 Å². The maximum Gasteiger partial charge on any atom is 0.120 e. The molecule has 0 saturated carbocycles. The zero-order chi connectivity index (χ0) is 13.7. The van der Waals surface area contributed by atoms with E-state index in [4.69, 9.17) is 0 Å². The molecule has 1 atom stereocenters. The normalized spacial score (nSPS) is 20.1. The number of aromatic hydroxyl groups is 1. The highest BCUT2D eigenvalue weighted by Gasteiger charge is 2.19. The van der Waals surface area contributed by atoms with Gasteiger partial charge in [0.2, 0.25) is 0 Å². The maximum atomic E-state index is 9.91. The lowest BCUT2D eigenvalue weighted by molar-refractivity contribution is 0.162. The van der Waals surface area contributed by atoms with Crippen LogP contribution in [0.1, 0.15) is 32.3 Å². The standard InChI is InChI=1S/C16H26N2O/c1-13(2)18(11-14-6-5-9-17-10-14)12-15-7-3-4-8-16(15)19/h3-4,7-8,13-14,17,19H,5-6,9-12H2,1-2H3. The molecule has 1 aliphatic rings. The third-order valence-electron chi connectivity index (χ3n) is 3.99. The maximum absolute atomic E-state index is 9.91. The SMILES string of the molecule is CC(C)N(Cc1ccccc1O)CC1CCCNC1. The second-order valence-corrected chi connectivity index (χ2v) is 5.86. The molecule has 1 aliphatic heterocycles. The first-order valence-electron chi connectivity index (χ1n) is 7.38. The Morgan fingerprint density at radius 2 is 2.16 bits per heavy atom. The average molecular weight is 262 g/mol. The van der Waals surface area contributed by atoms with E-state index in [0.29, 0.717) is 11.8 Å². The Labute approximate surface area is 116 Å². The highest BCUT2D eigenvalue weighted by atomic mass is 16.3. The molecule has 1 fully saturated rings. The molecule has 1 unspecified atom stereocenters. The van der Waals surface area contributed by atoms with Crippen molar-refractivity contribution in [1.82, 2.24) is 10.2 Å². The Hall–Kier alpha value is -1.06. The Kier molecular flexibility index (Phi) is 5.23. The van der Waals surface area contributed by atoms with Crippen LogP contribution in [0.5, 0.6) is 5.75 Å². The molecular weight excluding hydrogens is 236 g/mol. The number of hydrogen-bond donors (Lipinski definition) is 2. The minimum atomic E-state index is 0.412. The van der Waals surface area contributed by atoms with E-state index in [2.05, 4.69) is 24.1 Å². The summed E-state index contributed by atoms with van der Waals surface area (Å²) in [6, 6.07) is 8.17. The van der Waals surface area contributed by atoms with Gasteiger partial charge in [-0.1, -0.05) is 18.2 Å². The van der Waals surface area contributed by atoms with Crippen molar-refractivity contribution in [3.05, 3.63) is 29.8 Å². The molecule has 0 aliphatic carbocycles. The summed E-state index contributed by atoms with van der Waals surface area (Å²) in [7, 11) is 0.